The van der Waals surface area contributed by atoms with E-state index in [0.717, 1.165) is 25.1 Å². The van der Waals surface area contributed by atoms with Gasteiger partial charge >= 0.3 is 0 Å². The third kappa shape index (κ3) is 2.92. The standard InChI is InChI=1S/C12H21N3O2S/c1-3-6-13-12(11-4-7-14-15(11)2)10-5-8-18(16,17)9-10/h4,7,10,12-13H,3,5-6,8-9H2,1-2H3. The van der Waals surface area contributed by atoms with Gasteiger partial charge in [-0.05, 0) is 31.4 Å². The lowest BCUT2D eigenvalue weighted by atomic mass is 9.96. The molecule has 0 aliphatic carbocycles. The van der Waals surface area contributed by atoms with Crippen LogP contribution in [0.2, 0.25) is 0 Å². The summed E-state index contributed by atoms with van der Waals surface area (Å²) >= 11 is 0. The zero-order valence-corrected chi connectivity index (χ0v) is 11.8. The van der Waals surface area contributed by atoms with E-state index in [9.17, 15) is 8.42 Å². The summed E-state index contributed by atoms with van der Waals surface area (Å²) in [6.07, 6.45) is 3.54. The van der Waals surface area contributed by atoms with E-state index in [2.05, 4.69) is 17.3 Å². The van der Waals surface area contributed by atoms with Crippen LogP contribution in [0.15, 0.2) is 12.3 Å². The van der Waals surface area contributed by atoms with Crippen molar-refractivity contribution in [1.82, 2.24) is 15.1 Å². The zero-order chi connectivity index (χ0) is 13.2. The molecular formula is C12H21N3O2S. The van der Waals surface area contributed by atoms with Gasteiger partial charge in [0.25, 0.3) is 0 Å². The molecule has 0 saturated carbocycles. The van der Waals surface area contributed by atoms with Crippen molar-refractivity contribution >= 4 is 9.84 Å². The predicted octanol–water partition coefficient (Wildman–Crippen LogP) is 0.896. The van der Waals surface area contributed by atoms with E-state index in [1.807, 2.05) is 17.8 Å². The van der Waals surface area contributed by atoms with E-state index >= 15 is 0 Å². The van der Waals surface area contributed by atoms with Gasteiger partial charge in [-0.3, -0.25) is 4.68 Å². The Morgan fingerprint density at radius 3 is 2.89 bits per heavy atom. The average molecular weight is 271 g/mol. The molecule has 1 saturated heterocycles. The Balaban J connectivity index is 2.18. The molecule has 102 valence electrons. The Morgan fingerprint density at radius 2 is 2.39 bits per heavy atom. The third-order valence-electron chi connectivity index (χ3n) is 3.53. The van der Waals surface area contributed by atoms with E-state index in [4.69, 9.17) is 0 Å². The largest absolute Gasteiger partial charge is 0.308 e. The molecule has 1 fully saturated rings. The summed E-state index contributed by atoms with van der Waals surface area (Å²) in [5.74, 6) is 0.774. The Hall–Kier alpha value is -0.880. The lowest BCUT2D eigenvalue weighted by molar-refractivity contribution is 0.373. The molecule has 1 N–H and O–H groups in total. The van der Waals surface area contributed by atoms with Crippen LogP contribution >= 0.6 is 0 Å². The minimum atomic E-state index is -2.84. The Bertz CT molecular complexity index is 495. The first-order chi connectivity index (χ1) is 8.53. The summed E-state index contributed by atoms with van der Waals surface area (Å²) in [7, 11) is -0.937. The quantitative estimate of drug-likeness (QED) is 0.864. The number of sulfone groups is 1. The van der Waals surface area contributed by atoms with Crippen molar-refractivity contribution in [3.8, 4) is 0 Å². The molecule has 0 amide bonds. The lowest BCUT2D eigenvalue weighted by Crippen LogP contribution is -2.31. The zero-order valence-electron chi connectivity index (χ0n) is 11.0. The minimum absolute atomic E-state index is 0.0923. The third-order valence-corrected chi connectivity index (χ3v) is 5.32. The topological polar surface area (TPSA) is 64.0 Å². The molecule has 6 heteroatoms. The monoisotopic (exact) mass is 271 g/mol. The maximum Gasteiger partial charge on any atom is 0.150 e. The van der Waals surface area contributed by atoms with Crippen LogP contribution in [0.25, 0.3) is 0 Å². The van der Waals surface area contributed by atoms with Gasteiger partial charge in [-0.15, -0.1) is 0 Å². The number of nitrogens with one attached hydrogen (secondary N) is 1. The SMILES string of the molecule is CCCNC(c1ccnn1C)C1CCS(=O)(=O)C1. The van der Waals surface area contributed by atoms with Crippen LogP contribution in [0.5, 0.6) is 0 Å². The predicted molar refractivity (Wildman–Crippen MR) is 71.0 cm³/mol. The molecule has 1 aliphatic rings. The molecule has 0 bridgehead atoms. The van der Waals surface area contributed by atoms with Crippen LogP contribution in [-0.2, 0) is 16.9 Å². The smallest absolute Gasteiger partial charge is 0.150 e. The minimum Gasteiger partial charge on any atom is -0.308 e. The normalized spacial score (nSPS) is 24.2. The summed E-state index contributed by atoms with van der Waals surface area (Å²) in [4.78, 5) is 0. The summed E-state index contributed by atoms with van der Waals surface area (Å²) in [6.45, 7) is 3.01. The van der Waals surface area contributed by atoms with Crippen molar-refractivity contribution in [2.75, 3.05) is 18.1 Å². The Kier molecular flexibility index (Phi) is 4.07. The number of nitrogens with zero attached hydrogens (tertiary/aromatic N) is 2. The number of aryl methyl sites for hydroxylation is 1. The van der Waals surface area contributed by atoms with Gasteiger partial charge in [0, 0.05) is 13.2 Å². The van der Waals surface area contributed by atoms with Gasteiger partial charge in [0.2, 0.25) is 0 Å². The van der Waals surface area contributed by atoms with Gasteiger partial charge in [-0.1, -0.05) is 6.92 Å². The van der Waals surface area contributed by atoms with Crippen LogP contribution in [0.1, 0.15) is 31.5 Å². The average Bonchev–Trinajstić information content (AvgIpc) is 2.87. The molecule has 0 radical (unpaired) electrons. The maximum atomic E-state index is 11.6. The fourth-order valence-corrected chi connectivity index (χ4v) is 4.43. The highest BCUT2D eigenvalue weighted by Gasteiger charge is 2.35. The van der Waals surface area contributed by atoms with Crippen LogP contribution in [0.3, 0.4) is 0 Å². The fraction of sp³-hybridized carbons (Fsp3) is 0.750. The van der Waals surface area contributed by atoms with Gasteiger partial charge in [0.1, 0.15) is 0 Å². The van der Waals surface area contributed by atoms with E-state index in [-0.39, 0.29) is 12.0 Å². The first-order valence-electron chi connectivity index (χ1n) is 6.45. The molecule has 0 spiro atoms. The number of hydrogen-bond donors (Lipinski definition) is 1. The lowest BCUT2D eigenvalue weighted by Gasteiger charge is -2.24. The summed E-state index contributed by atoms with van der Waals surface area (Å²) in [5, 5.41) is 7.65. The molecule has 2 rings (SSSR count). The molecular weight excluding hydrogens is 250 g/mol. The van der Waals surface area contributed by atoms with Gasteiger partial charge in [0.15, 0.2) is 9.84 Å². The van der Waals surface area contributed by atoms with Crippen molar-refractivity contribution < 1.29 is 8.42 Å². The van der Waals surface area contributed by atoms with Crippen molar-refractivity contribution in [3.63, 3.8) is 0 Å². The Morgan fingerprint density at radius 1 is 1.61 bits per heavy atom. The summed E-state index contributed by atoms with van der Waals surface area (Å²) in [6, 6.07) is 2.06. The molecule has 1 aromatic heterocycles. The van der Waals surface area contributed by atoms with Crippen molar-refractivity contribution in [2.24, 2.45) is 13.0 Å². The van der Waals surface area contributed by atoms with E-state index in [0.29, 0.717) is 11.5 Å². The molecule has 2 heterocycles. The molecule has 1 aliphatic heterocycles. The van der Waals surface area contributed by atoms with Crippen LogP contribution in [0.4, 0.5) is 0 Å². The van der Waals surface area contributed by atoms with Crippen molar-refractivity contribution in [1.29, 1.82) is 0 Å². The highest BCUT2D eigenvalue weighted by molar-refractivity contribution is 7.91. The Labute approximate surface area is 108 Å². The van der Waals surface area contributed by atoms with E-state index < -0.39 is 9.84 Å². The molecule has 2 unspecified atom stereocenters. The fourth-order valence-electron chi connectivity index (χ4n) is 2.59. The van der Waals surface area contributed by atoms with Gasteiger partial charge in [-0.25, -0.2) is 8.42 Å². The molecule has 1 aromatic rings. The van der Waals surface area contributed by atoms with Gasteiger partial charge in [-0.2, -0.15) is 5.10 Å². The number of hydrogen-bond acceptors (Lipinski definition) is 4. The van der Waals surface area contributed by atoms with Crippen molar-refractivity contribution in [3.05, 3.63) is 18.0 Å². The van der Waals surface area contributed by atoms with Crippen molar-refractivity contribution in [2.45, 2.75) is 25.8 Å². The van der Waals surface area contributed by atoms with Crippen LogP contribution in [0, 0.1) is 5.92 Å². The number of aromatic nitrogens is 2. The van der Waals surface area contributed by atoms with Gasteiger partial charge < -0.3 is 5.32 Å². The second-order valence-electron chi connectivity index (χ2n) is 4.97. The first kappa shape index (κ1) is 13.5. The molecule has 18 heavy (non-hydrogen) atoms. The molecule has 5 nitrogen and oxygen atoms in total. The maximum absolute atomic E-state index is 11.6. The summed E-state index contributed by atoms with van der Waals surface area (Å²) in [5.41, 5.74) is 1.07. The highest BCUT2D eigenvalue weighted by Crippen LogP contribution is 2.31. The van der Waals surface area contributed by atoms with Gasteiger partial charge in [0.05, 0.1) is 23.2 Å². The first-order valence-corrected chi connectivity index (χ1v) is 8.27. The van der Waals surface area contributed by atoms with E-state index in [1.165, 1.54) is 0 Å². The highest BCUT2D eigenvalue weighted by atomic mass is 32.2. The number of rotatable bonds is 5. The second-order valence-corrected chi connectivity index (χ2v) is 7.20. The summed E-state index contributed by atoms with van der Waals surface area (Å²) < 4.78 is 25.1. The molecule has 2 atom stereocenters. The van der Waals surface area contributed by atoms with Crippen LogP contribution < -0.4 is 5.32 Å². The van der Waals surface area contributed by atoms with E-state index in [1.54, 1.807) is 6.20 Å². The second kappa shape index (κ2) is 5.40. The van der Waals surface area contributed by atoms with Crippen LogP contribution in [-0.4, -0.2) is 36.2 Å². The molecule has 0 aromatic carbocycles.